The molecular weight excluding hydrogens is 451 g/mol. The van der Waals surface area contributed by atoms with E-state index >= 15 is 0 Å². The minimum atomic E-state index is -0.473. The second kappa shape index (κ2) is 10.7. The van der Waals surface area contributed by atoms with E-state index in [9.17, 15) is 9.59 Å². The number of halogens is 2. The third-order valence-electron chi connectivity index (χ3n) is 4.93. The quantitative estimate of drug-likeness (QED) is 0.566. The maximum absolute atomic E-state index is 12.5. The molecule has 172 valence electrons. The smallest absolute Gasteiger partial charge is 0.307 e. The number of morpholine rings is 1. The molecule has 1 heterocycles. The number of esters is 1. The number of ether oxygens (including phenoxy) is 2. The molecule has 1 aliphatic rings. The molecule has 1 fully saturated rings. The van der Waals surface area contributed by atoms with Gasteiger partial charge in [0, 0.05) is 25.3 Å². The summed E-state index contributed by atoms with van der Waals surface area (Å²) in [6, 6.07) is 12.4. The highest BCUT2D eigenvalue weighted by Crippen LogP contribution is 2.27. The van der Waals surface area contributed by atoms with Crippen LogP contribution in [-0.4, -0.2) is 48.6 Å². The summed E-state index contributed by atoms with van der Waals surface area (Å²) in [5.74, 6) is -0.560. The van der Waals surface area contributed by atoms with Crippen molar-refractivity contribution in [2.45, 2.75) is 38.9 Å². The van der Waals surface area contributed by atoms with Gasteiger partial charge in [-0.15, -0.1) is 0 Å². The van der Waals surface area contributed by atoms with Gasteiger partial charge in [-0.05, 0) is 50.6 Å². The van der Waals surface area contributed by atoms with Crippen LogP contribution >= 0.6 is 23.2 Å². The molecule has 8 heteroatoms. The molecule has 1 amide bonds. The molecule has 32 heavy (non-hydrogen) atoms. The summed E-state index contributed by atoms with van der Waals surface area (Å²) in [5.41, 5.74) is 1.41. The number of anilines is 1. The molecule has 1 unspecified atom stereocenters. The average molecular weight is 479 g/mol. The van der Waals surface area contributed by atoms with Crippen LogP contribution in [0.1, 0.15) is 49.2 Å². The Hall–Kier alpha value is -2.12. The van der Waals surface area contributed by atoms with Crippen LogP contribution in [0.4, 0.5) is 5.69 Å². The Kier molecular flexibility index (Phi) is 8.17. The van der Waals surface area contributed by atoms with Crippen molar-refractivity contribution in [2.24, 2.45) is 0 Å². The summed E-state index contributed by atoms with van der Waals surface area (Å²) in [7, 11) is 0. The summed E-state index contributed by atoms with van der Waals surface area (Å²) in [4.78, 5) is 26.7. The van der Waals surface area contributed by atoms with Gasteiger partial charge in [0.1, 0.15) is 5.60 Å². The molecule has 0 saturated carbocycles. The molecule has 0 aliphatic carbocycles. The van der Waals surface area contributed by atoms with Crippen LogP contribution in [-0.2, 0) is 14.3 Å². The normalized spacial score (nSPS) is 17.1. The van der Waals surface area contributed by atoms with Gasteiger partial charge in [0.2, 0.25) is 0 Å². The molecule has 6 nitrogen and oxygen atoms in total. The van der Waals surface area contributed by atoms with E-state index in [0.717, 1.165) is 12.1 Å². The van der Waals surface area contributed by atoms with E-state index < -0.39 is 5.60 Å². The number of hydrogen-bond donors (Lipinski definition) is 1. The van der Waals surface area contributed by atoms with E-state index in [2.05, 4.69) is 10.2 Å². The zero-order chi connectivity index (χ0) is 23.3. The Balaban J connectivity index is 1.56. The molecule has 0 spiro atoms. The van der Waals surface area contributed by atoms with Crippen LogP contribution in [0.2, 0.25) is 10.0 Å². The highest BCUT2D eigenvalue weighted by molar-refractivity contribution is 6.40. The van der Waals surface area contributed by atoms with E-state index in [1.54, 1.807) is 18.2 Å². The van der Waals surface area contributed by atoms with E-state index in [-0.39, 0.29) is 23.5 Å². The van der Waals surface area contributed by atoms with Gasteiger partial charge < -0.3 is 14.8 Å². The lowest BCUT2D eigenvalue weighted by Gasteiger charge is -2.33. The molecule has 0 bridgehead atoms. The van der Waals surface area contributed by atoms with E-state index in [1.807, 2.05) is 45.0 Å². The van der Waals surface area contributed by atoms with E-state index in [4.69, 9.17) is 32.7 Å². The first-order chi connectivity index (χ1) is 15.1. The number of amides is 1. The van der Waals surface area contributed by atoms with Crippen LogP contribution in [0.25, 0.3) is 0 Å². The van der Waals surface area contributed by atoms with Crippen LogP contribution in [0.5, 0.6) is 0 Å². The van der Waals surface area contributed by atoms with Crippen molar-refractivity contribution in [1.29, 1.82) is 0 Å². The van der Waals surface area contributed by atoms with Crippen molar-refractivity contribution in [3.8, 4) is 0 Å². The lowest BCUT2D eigenvalue weighted by atomic mass is 10.1. The Labute approximate surface area is 198 Å². The number of carbonyl (C=O) groups excluding carboxylic acids is 2. The molecule has 2 aromatic rings. The van der Waals surface area contributed by atoms with Gasteiger partial charge in [-0.3, -0.25) is 14.5 Å². The number of benzene rings is 2. The second-order valence-electron chi connectivity index (χ2n) is 8.67. The summed E-state index contributed by atoms with van der Waals surface area (Å²) in [5, 5.41) is 3.42. The van der Waals surface area contributed by atoms with Crippen molar-refractivity contribution >= 4 is 40.8 Å². The maximum atomic E-state index is 12.5. The first-order valence-corrected chi connectivity index (χ1v) is 11.3. The van der Waals surface area contributed by atoms with Crippen molar-refractivity contribution in [2.75, 3.05) is 31.6 Å². The first-order valence-electron chi connectivity index (χ1n) is 10.5. The Bertz CT molecular complexity index is 937. The lowest BCUT2D eigenvalue weighted by Crippen LogP contribution is -2.39. The molecular formula is C24H28Cl2N2O4. The summed E-state index contributed by atoms with van der Waals surface area (Å²) < 4.78 is 11.3. The average Bonchev–Trinajstić information content (AvgIpc) is 2.72. The number of rotatable bonds is 6. The number of nitrogens with one attached hydrogen (secondary N) is 1. The molecule has 1 aliphatic heterocycles. The monoisotopic (exact) mass is 478 g/mol. The fraction of sp³-hybridized carbons (Fsp3) is 0.417. The first kappa shape index (κ1) is 24.5. The number of carbonyl (C=O) groups is 2. The Morgan fingerprint density at radius 1 is 1.12 bits per heavy atom. The predicted molar refractivity (Wildman–Crippen MR) is 126 cm³/mol. The highest BCUT2D eigenvalue weighted by Gasteiger charge is 2.24. The largest absolute Gasteiger partial charge is 0.460 e. The van der Waals surface area contributed by atoms with Crippen LogP contribution in [0, 0.1) is 0 Å². The minimum Gasteiger partial charge on any atom is -0.460 e. The van der Waals surface area contributed by atoms with Gasteiger partial charge in [-0.25, -0.2) is 0 Å². The van der Waals surface area contributed by atoms with Crippen LogP contribution < -0.4 is 5.32 Å². The maximum Gasteiger partial charge on any atom is 0.307 e. The molecule has 0 radical (unpaired) electrons. The van der Waals surface area contributed by atoms with Crippen molar-refractivity contribution < 1.29 is 19.1 Å². The minimum absolute atomic E-state index is 0.106. The SMILES string of the molecule is CC(C)(C)OC(=O)CCN1CCOC(c2ccc(NC(=O)c3c(Cl)cccc3Cl)cc2)C1. The molecule has 1 atom stereocenters. The lowest BCUT2D eigenvalue weighted by molar-refractivity contribution is -0.155. The molecule has 3 rings (SSSR count). The predicted octanol–water partition coefficient (Wildman–Crippen LogP) is 5.35. The van der Waals surface area contributed by atoms with Crippen molar-refractivity contribution in [3.05, 3.63) is 63.6 Å². The highest BCUT2D eigenvalue weighted by atomic mass is 35.5. The van der Waals surface area contributed by atoms with Gasteiger partial charge >= 0.3 is 5.97 Å². The van der Waals surface area contributed by atoms with Gasteiger partial charge in [0.05, 0.1) is 34.7 Å². The van der Waals surface area contributed by atoms with Gasteiger partial charge in [0.15, 0.2) is 0 Å². The third kappa shape index (κ3) is 6.94. The summed E-state index contributed by atoms with van der Waals surface area (Å²) in [6.07, 6.45) is 0.240. The standard InChI is InChI=1S/C24H28Cl2N2O4/c1-24(2,3)32-21(29)11-12-28-13-14-31-20(15-28)16-7-9-17(10-8-16)27-23(30)22-18(25)5-4-6-19(22)26/h4-10,20H,11-15H2,1-3H3,(H,27,30). The summed E-state index contributed by atoms with van der Waals surface area (Å²) in [6.45, 7) is 8.26. The third-order valence-corrected chi connectivity index (χ3v) is 5.56. The van der Waals surface area contributed by atoms with E-state index in [0.29, 0.717) is 41.8 Å². The second-order valence-corrected chi connectivity index (χ2v) is 9.48. The van der Waals surface area contributed by atoms with Crippen LogP contribution in [0.15, 0.2) is 42.5 Å². The fourth-order valence-corrected chi connectivity index (χ4v) is 4.01. The molecule has 1 saturated heterocycles. The van der Waals surface area contributed by atoms with Gasteiger partial charge in [-0.1, -0.05) is 41.4 Å². The Morgan fingerprint density at radius 3 is 2.41 bits per heavy atom. The van der Waals surface area contributed by atoms with Gasteiger partial charge in [0.25, 0.3) is 5.91 Å². The summed E-state index contributed by atoms with van der Waals surface area (Å²) >= 11 is 12.2. The zero-order valence-corrected chi connectivity index (χ0v) is 20.0. The topological polar surface area (TPSA) is 67.9 Å². The molecule has 1 N–H and O–H groups in total. The number of nitrogens with zero attached hydrogens (tertiary/aromatic N) is 1. The van der Waals surface area contributed by atoms with Crippen molar-refractivity contribution in [3.63, 3.8) is 0 Å². The van der Waals surface area contributed by atoms with Crippen molar-refractivity contribution in [1.82, 2.24) is 4.90 Å². The fourth-order valence-electron chi connectivity index (χ4n) is 3.44. The molecule has 2 aromatic carbocycles. The van der Waals surface area contributed by atoms with Crippen LogP contribution in [0.3, 0.4) is 0 Å². The van der Waals surface area contributed by atoms with E-state index in [1.165, 1.54) is 0 Å². The number of hydrogen-bond acceptors (Lipinski definition) is 5. The van der Waals surface area contributed by atoms with Gasteiger partial charge in [-0.2, -0.15) is 0 Å². The Morgan fingerprint density at radius 2 is 1.78 bits per heavy atom. The molecule has 0 aromatic heterocycles. The zero-order valence-electron chi connectivity index (χ0n) is 18.5.